The van der Waals surface area contributed by atoms with Crippen LogP contribution < -0.4 is 5.32 Å². The lowest BCUT2D eigenvalue weighted by Crippen LogP contribution is -2.21. The largest absolute Gasteiger partial charge is 0.464 e. The van der Waals surface area contributed by atoms with Crippen molar-refractivity contribution in [2.75, 3.05) is 12.4 Å². The number of methoxy groups -OCH3 is 1. The Labute approximate surface area is 151 Å². The number of nitrogens with one attached hydrogen (secondary N) is 1. The first-order chi connectivity index (χ1) is 12.7. The summed E-state index contributed by atoms with van der Waals surface area (Å²) in [6.45, 7) is 2.82. The van der Waals surface area contributed by atoms with Crippen molar-refractivity contribution in [2.45, 2.75) is 33.4 Å². The van der Waals surface area contributed by atoms with Gasteiger partial charge in [-0.05, 0) is 13.8 Å². The van der Waals surface area contributed by atoms with Crippen LogP contribution in [-0.2, 0) is 22.6 Å². The molecule has 2 heterocycles. The number of nitro groups is 1. The number of halogens is 2. The summed E-state index contributed by atoms with van der Waals surface area (Å²) in [5, 5.41) is 20.8. The van der Waals surface area contributed by atoms with Crippen LogP contribution >= 0.6 is 0 Å². The van der Waals surface area contributed by atoms with Crippen molar-refractivity contribution in [2.24, 2.45) is 0 Å². The minimum atomic E-state index is -3.16. The molecule has 13 heteroatoms. The molecule has 0 aliphatic carbocycles. The average molecular weight is 386 g/mol. The highest BCUT2D eigenvalue weighted by Crippen LogP contribution is 2.30. The van der Waals surface area contributed by atoms with Gasteiger partial charge in [-0.15, -0.1) is 0 Å². The minimum absolute atomic E-state index is 0.0575. The number of carbonyl (C=O) groups is 2. The molecule has 0 radical (unpaired) electrons. The zero-order valence-corrected chi connectivity index (χ0v) is 14.6. The van der Waals surface area contributed by atoms with E-state index in [9.17, 15) is 28.5 Å². The van der Waals surface area contributed by atoms with E-state index < -0.39 is 41.2 Å². The lowest BCUT2D eigenvalue weighted by molar-refractivity contribution is -0.386. The number of rotatable bonds is 7. The minimum Gasteiger partial charge on any atom is -0.464 e. The molecule has 0 aliphatic heterocycles. The zero-order chi connectivity index (χ0) is 20.3. The summed E-state index contributed by atoms with van der Waals surface area (Å²) < 4.78 is 32.7. The Morgan fingerprint density at radius 2 is 2.07 bits per heavy atom. The van der Waals surface area contributed by atoms with Crippen molar-refractivity contribution in [1.82, 2.24) is 19.6 Å². The van der Waals surface area contributed by atoms with Crippen LogP contribution in [0, 0.1) is 17.0 Å². The molecule has 0 atom stereocenters. The molecule has 0 aliphatic rings. The number of alkyl halides is 2. The smallest absolute Gasteiger partial charge is 0.360 e. The second-order valence-corrected chi connectivity index (χ2v) is 5.32. The molecule has 1 amide bonds. The molecular formula is C14H16F2N6O5. The van der Waals surface area contributed by atoms with Gasteiger partial charge in [-0.3, -0.25) is 24.3 Å². The van der Waals surface area contributed by atoms with Crippen molar-refractivity contribution in [3.63, 3.8) is 0 Å². The molecule has 0 spiro atoms. The number of hydrogen-bond acceptors (Lipinski definition) is 7. The molecule has 0 saturated heterocycles. The lowest BCUT2D eigenvalue weighted by Gasteiger charge is -2.05. The van der Waals surface area contributed by atoms with Crippen LogP contribution in [0.1, 0.15) is 35.2 Å². The molecule has 2 aromatic rings. The highest BCUT2D eigenvalue weighted by molar-refractivity contribution is 5.99. The van der Waals surface area contributed by atoms with Crippen molar-refractivity contribution >= 4 is 23.3 Å². The van der Waals surface area contributed by atoms with E-state index in [0.29, 0.717) is 6.54 Å². The van der Waals surface area contributed by atoms with E-state index >= 15 is 0 Å². The summed E-state index contributed by atoms with van der Waals surface area (Å²) in [7, 11) is 1.15. The predicted molar refractivity (Wildman–Crippen MR) is 86.4 cm³/mol. The van der Waals surface area contributed by atoms with E-state index in [4.69, 9.17) is 0 Å². The molecule has 2 aromatic heterocycles. The van der Waals surface area contributed by atoms with Gasteiger partial charge in [0.25, 0.3) is 6.43 Å². The van der Waals surface area contributed by atoms with Gasteiger partial charge in [0, 0.05) is 12.7 Å². The summed E-state index contributed by atoms with van der Waals surface area (Å²) in [4.78, 5) is 34.0. The Bertz CT molecular complexity index is 891. The van der Waals surface area contributed by atoms with E-state index in [1.54, 1.807) is 6.92 Å². The summed E-state index contributed by atoms with van der Waals surface area (Å²) in [5.74, 6) is -1.51. The average Bonchev–Trinajstić information content (AvgIpc) is 3.15. The van der Waals surface area contributed by atoms with E-state index in [1.165, 1.54) is 17.8 Å². The molecule has 27 heavy (non-hydrogen) atoms. The highest BCUT2D eigenvalue weighted by atomic mass is 19.3. The number of ether oxygens (including phenoxy) is 1. The monoisotopic (exact) mass is 386 g/mol. The fourth-order valence-electron chi connectivity index (χ4n) is 2.33. The highest BCUT2D eigenvalue weighted by Gasteiger charge is 2.31. The maximum Gasteiger partial charge on any atom is 0.360 e. The van der Waals surface area contributed by atoms with E-state index in [1.807, 2.05) is 0 Å². The van der Waals surface area contributed by atoms with Crippen molar-refractivity contribution < 1.29 is 28.0 Å². The molecule has 0 bridgehead atoms. The first kappa shape index (κ1) is 19.9. The Morgan fingerprint density at radius 3 is 2.56 bits per heavy atom. The number of esters is 1. The quantitative estimate of drug-likeness (QED) is 0.434. The number of hydrogen-bond donors (Lipinski definition) is 1. The van der Waals surface area contributed by atoms with Crippen molar-refractivity contribution in [1.29, 1.82) is 0 Å². The van der Waals surface area contributed by atoms with Gasteiger partial charge < -0.3 is 10.1 Å². The third-order valence-corrected chi connectivity index (χ3v) is 3.62. The summed E-state index contributed by atoms with van der Waals surface area (Å²) >= 11 is 0. The number of anilines is 1. The molecule has 1 N–H and O–H groups in total. The van der Waals surface area contributed by atoms with Gasteiger partial charge in [-0.2, -0.15) is 10.2 Å². The van der Waals surface area contributed by atoms with Gasteiger partial charge in [-0.1, -0.05) is 0 Å². The predicted octanol–water partition coefficient (Wildman–Crippen LogP) is 1.68. The Balaban J connectivity index is 2.27. The third kappa shape index (κ3) is 4.07. The van der Waals surface area contributed by atoms with Gasteiger partial charge in [-0.25, -0.2) is 13.6 Å². The first-order valence-corrected chi connectivity index (χ1v) is 7.65. The zero-order valence-electron chi connectivity index (χ0n) is 14.6. The summed E-state index contributed by atoms with van der Waals surface area (Å²) in [6, 6.07) is 0. The molecule has 2 rings (SSSR count). The second-order valence-electron chi connectivity index (χ2n) is 5.32. The van der Waals surface area contributed by atoms with E-state index in [0.717, 1.165) is 11.8 Å². The van der Waals surface area contributed by atoms with Gasteiger partial charge in [0.05, 0.1) is 17.7 Å². The summed E-state index contributed by atoms with van der Waals surface area (Å²) in [6.07, 6.45) is -1.77. The molecule has 146 valence electrons. The third-order valence-electron chi connectivity index (χ3n) is 3.62. The normalized spacial score (nSPS) is 10.9. The van der Waals surface area contributed by atoms with Gasteiger partial charge in [0.2, 0.25) is 11.6 Å². The Hall–Kier alpha value is -3.38. The van der Waals surface area contributed by atoms with Crippen molar-refractivity contribution in [3.8, 4) is 0 Å². The van der Waals surface area contributed by atoms with Crippen LogP contribution in [0.2, 0.25) is 0 Å². The fourth-order valence-corrected chi connectivity index (χ4v) is 2.33. The second kappa shape index (κ2) is 7.88. The van der Waals surface area contributed by atoms with E-state index in [-0.39, 0.29) is 17.1 Å². The van der Waals surface area contributed by atoms with Crippen LogP contribution in [0.4, 0.5) is 20.2 Å². The van der Waals surface area contributed by atoms with Gasteiger partial charge >= 0.3 is 11.7 Å². The van der Waals surface area contributed by atoms with Crippen LogP contribution in [-0.4, -0.2) is 43.5 Å². The topological polar surface area (TPSA) is 134 Å². The van der Waals surface area contributed by atoms with Gasteiger partial charge in [0.1, 0.15) is 12.2 Å². The molecule has 0 unspecified atom stereocenters. The molecule has 0 saturated carbocycles. The summed E-state index contributed by atoms with van der Waals surface area (Å²) in [5.41, 5.74) is -2.12. The standard InChI is InChI=1S/C14H16F2N6O5/c1-4-20-5-8(10(18-20)14(24)27-3)17-9(23)6-21-7(2)12(22(25)26)11(19-21)13(15)16/h5,13H,4,6H2,1-3H3,(H,17,23). The number of carbonyl (C=O) groups excluding carboxylic acids is 2. The molecule has 0 aromatic carbocycles. The number of nitrogens with zero attached hydrogens (tertiary/aromatic N) is 5. The maximum absolute atomic E-state index is 12.9. The molecular weight excluding hydrogens is 370 g/mol. The lowest BCUT2D eigenvalue weighted by atomic mass is 10.3. The van der Waals surface area contributed by atoms with Crippen LogP contribution in [0.3, 0.4) is 0 Å². The van der Waals surface area contributed by atoms with Crippen LogP contribution in [0.5, 0.6) is 0 Å². The van der Waals surface area contributed by atoms with Crippen LogP contribution in [0.15, 0.2) is 6.20 Å². The number of aromatic nitrogens is 4. The molecule has 11 nitrogen and oxygen atoms in total. The van der Waals surface area contributed by atoms with Crippen molar-refractivity contribution in [3.05, 3.63) is 33.4 Å². The maximum atomic E-state index is 12.9. The van der Waals surface area contributed by atoms with Crippen LogP contribution in [0.25, 0.3) is 0 Å². The number of aryl methyl sites for hydroxylation is 1. The Morgan fingerprint density at radius 1 is 1.41 bits per heavy atom. The van der Waals surface area contributed by atoms with E-state index in [2.05, 4.69) is 20.3 Å². The van der Waals surface area contributed by atoms with Gasteiger partial charge in [0.15, 0.2) is 5.69 Å². The fraction of sp³-hybridized carbons (Fsp3) is 0.429. The Kier molecular flexibility index (Phi) is 5.82. The first-order valence-electron chi connectivity index (χ1n) is 7.65. The SMILES string of the molecule is CCn1cc(NC(=O)Cn2nc(C(F)F)c([N+](=O)[O-])c2C)c(C(=O)OC)n1. The number of amides is 1. The molecule has 0 fully saturated rings.